The van der Waals surface area contributed by atoms with Crippen LogP contribution in [0.4, 0.5) is 4.39 Å². The molecule has 76 valence electrons. The first-order valence-electron chi connectivity index (χ1n) is 4.77. The number of pyridine rings is 1. The molecule has 3 nitrogen and oxygen atoms in total. The van der Waals surface area contributed by atoms with Gasteiger partial charge in [-0.2, -0.15) is 0 Å². The van der Waals surface area contributed by atoms with Gasteiger partial charge in [0, 0.05) is 31.4 Å². The zero-order chi connectivity index (χ0) is 10.1. The van der Waals surface area contributed by atoms with E-state index in [1.165, 1.54) is 12.3 Å². The van der Waals surface area contributed by atoms with E-state index in [1.807, 2.05) is 6.92 Å². The summed E-state index contributed by atoms with van der Waals surface area (Å²) in [6, 6.07) is 2.01. The number of hydrogen-bond donors (Lipinski definition) is 1. The van der Waals surface area contributed by atoms with Gasteiger partial charge in [0.25, 0.3) is 0 Å². The summed E-state index contributed by atoms with van der Waals surface area (Å²) >= 11 is 0. The van der Waals surface area contributed by atoms with Gasteiger partial charge in [-0.1, -0.05) is 0 Å². The van der Waals surface area contributed by atoms with E-state index in [-0.39, 0.29) is 17.9 Å². The first kappa shape index (κ1) is 9.55. The summed E-state index contributed by atoms with van der Waals surface area (Å²) in [5.41, 5.74) is 6.60. The van der Waals surface area contributed by atoms with Crippen LogP contribution >= 0.6 is 0 Å². The molecule has 4 heteroatoms. The van der Waals surface area contributed by atoms with E-state index < -0.39 is 0 Å². The monoisotopic (exact) mass is 195 g/mol. The lowest BCUT2D eigenvalue weighted by Crippen LogP contribution is -2.56. The van der Waals surface area contributed by atoms with E-state index in [0.717, 1.165) is 18.7 Å². The Bertz CT molecular complexity index is 323. The number of nitrogens with zero attached hydrogens (tertiary/aromatic N) is 2. The predicted octanol–water partition coefficient (Wildman–Crippen LogP) is 0.925. The lowest BCUT2D eigenvalue weighted by atomic mass is 10.0. The van der Waals surface area contributed by atoms with Gasteiger partial charge in [0.1, 0.15) is 5.82 Å². The summed E-state index contributed by atoms with van der Waals surface area (Å²) in [4.78, 5) is 6.04. The maximum atomic E-state index is 12.9. The van der Waals surface area contributed by atoms with Gasteiger partial charge in [-0.25, -0.2) is 4.39 Å². The zero-order valence-corrected chi connectivity index (χ0v) is 8.15. The predicted molar refractivity (Wildman–Crippen MR) is 52.2 cm³/mol. The highest BCUT2D eigenvalue weighted by atomic mass is 19.1. The molecule has 0 amide bonds. The molecule has 2 heterocycles. The molecule has 1 aromatic rings. The van der Waals surface area contributed by atoms with Crippen LogP contribution in [0.2, 0.25) is 0 Å². The smallest absolute Gasteiger partial charge is 0.141 e. The van der Waals surface area contributed by atoms with Crippen LogP contribution in [-0.2, 0) is 0 Å². The molecule has 1 aliphatic rings. The van der Waals surface area contributed by atoms with Crippen LogP contribution in [0.15, 0.2) is 18.5 Å². The number of hydrogen-bond acceptors (Lipinski definition) is 3. The van der Waals surface area contributed by atoms with Crippen molar-refractivity contribution in [2.75, 3.05) is 13.1 Å². The number of aromatic nitrogens is 1. The Labute approximate surface area is 82.7 Å². The minimum Gasteiger partial charge on any atom is -0.325 e. The number of nitrogens with two attached hydrogens (primary N) is 1. The quantitative estimate of drug-likeness (QED) is 0.763. The summed E-state index contributed by atoms with van der Waals surface area (Å²) in [5.74, 6) is -0.279. The standard InChI is InChI=1S/C10H14FN3/c1-7(14-5-10(12)6-14)8-2-9(11)4-13-3-8/h2-4,7,10H,5-6,12H2,1H3. The van der Waals surface area contributed by atoms with Crippen LogP contribution in [0.1, 0.15) is 18.5 Å². The summed E-state index contributed by atoms with van der Waals surface area (Å²) in [6.07, 6.45) is 2.93. The molecular formula is C10H14FN3. The van der Waals surface area contributed by atoms with Crippen molar-refractivity contribution in [3.05, 3.63) is 29.8 Å². The van der Waals surface area contributed by atoms with Crippen LogP contribution < -0.4 is 5.73 Å². The Hall–Kier alpha value is -1.00. The molecule has 1 aliphatic heterocycles. The molecule has 1 saturated heterocycles. The molecule has 14 heavy (non-hydrogen) atoms. The Morgan fingerprint density at radius 3 is 2.86 bits per heavy atom. The van der Waals surface area contributed by atoms with Gasteiger partial charge in [0.15, 0.2) is 0 Å². The molecule has 1 atom stereocenters. The number of halogens is 1. The molecule has 0 bridgehead atoms. The Kier molecular flexibility index (Phi) is 2.48. The summed E-state index contributed by atoms with van der Waals surface area (Å²) in [6.45, 7) is 3.82. The molecule has 0 aromatic carbocycles. The molecule has 1 unspecified atom stereocenters. The van der Waals surface area contributed by atoms with Crippen LogP contribution in [-0.4, -0.2) is 29.0 Å². The fourth-order valence-corrected chi connectivity index (χ4v) is 1.73. The molecule has 0 aliphatic carbocycles. The van der Waals surface area contributed by atoms with Crippen LogP contribution in [0.3, 0.4) is 0 Å². The van der Waals surface area contributed by atoms with Crippen LogP contribution in [0.5, 0.6) is 0 Å². The fourth-order valence-electron chi connectivity index (χ4n) is 1.73. The lowest BCUT2D eigenvalue weighted by Gasteiger charge is -2.41. The third-order valence-corrected chi connectivity index (χ3v) is 2.69. The highest BCUT2D eigenvalue weighted by molar-refractivity contribution is 5.15. The molecule has 0 radical (unpaired) electrons. The second-order valence-corrected chi connectivity index (χ2v) is 3.83. The SMILES string of the molecule is CC(c1cncc(F)c1)N1CC(N)C1. The second-order valence-electron chi connectivity index (χ2n) is 3.83. The van der Waals surface area contributed by atoms with Crippen molar-refractivity contribution in [1.29, 1.82) is 0 Å². The van der Waals surface area contributed by atoms with Gasteiger partial charge in [-0.3, -0.25) is 9.88 Å². The first-order chi connectivity index (χ1) is 6.66. The van der Waals surface area contributed by atoms with Crippen molar-refractivity contribution in [3.63, 3.8) is 0 Å². The first-order valence-corrected chi connectivity index (χ1v) is 4.77. The van der Waals surface area contributed by atoms with E-state index >= 15 is 0 Å². The summed E-state index contributed by atoms with van der Waals surface area (Å²) < 4.78 is 12.9. The highest BCUT2D eigenvalue weighted by Crippen LogP contribution is 2.24. The number of rotatable bonds is 2. The minimum atomic E-state index is -0.279. The van der Waals surface area contributed by atoms with Crippen molar-refractivity contribution in [3.8, 4) is 0 Å². The molecule has 2 rings (SSSR count). The van der Waals surface area contributed by atoms with Crippen molar-refractivity contribution in [2.24, 2.45) is 5.73 Å². The molecule has 0 spiro atoms. The summed E-state index contributed by atoms with van der Waals surface area (Å²) in [5, 5.41) is 0. The van der Waals surface area contributed by atoms with E-state index in [1.54, 1.807) is 6.20 Å². The van der Waals surface area contributed by atoms with Gasteiger partial charge in [-0.05, 0) is 18.6 Å². The van der Waals surface area contributed by atoms with Gasteiger partial charge in [-0.15, -0.1) is 0 Å². The maximum absolute atomic E-state index is 12.9. The maximum Gasteiger partial charge on any atom is 0.141 e. The van der Waals surface area contributed by atoms with Gasteiger partial charge >= 0.3 is 0 Å². The van der Waals surface area contributed by atoms with Crippen molar-refractivity contribution in [2.45, 2.75) is 19.0 Å². The second kappa shape index (κ2) is 3.63. The molecule has 1 fully saturated rings. The molecule has 2 N–H and O–H groups in total. The van der Waals surface area contributed by atoms with Gasteiger partial charge < -0.3 is 5.73 Å². The largest absolute Gasteiger partial charge is 0.325 e. The van der Waals surface area contributed by atoms with Crippen LogP contribution in [0.25, 0.3) is 0 Å². The summed E-state index contributed by atoms with van der Waals surface area (Å²) in [7, 11) is 0. The molecule has 1 aromatic heterocycles. The van der Waals surface area contributed by atoms with Gasteiger partial charge in [0.05, 0.1) is 6.20 Å². The van der Waals surface area contributed by atoms with Crippen molar-refractivity contribution in [1.82, 2.24) is 9.88 Å². The van der Waals surface area contributed by atoms with Gasteiger partial charge in [0.2, 0.25) is 0 Å². The van der Waals surface area contributed by atoms with E-state index in [0.29, 0.717) is 0 Å². The van der Waals surface area contributed by atoms with E-state index in [9.17, 15) is 4.39 Å². The van der Waals surface area contributed by atoms with Crippen molar-refractivity contribution >= 4 is 0 Å². The Balaban J connectivity index is 2.07. The number of likely N-dealkylation sites (tertiary alicyclic amines) is 1. The average molecular weight is 195 g/mol. The fraction of sp³-hybridized carbons (Fsp3) is 0.500. The van der Waals surface area contributed by atoms with E-state index in [2.05, 4.69) is 9.88 Å². The third kappa shape index (κ3) is 1.76. The van der Waals surface area contributed by atoms with Crippen molar-refractivity contribution < 1.29 is 4.39 Å². The van der Waals surface area contributed by atoms with E-state index in [4.69, 9.17) is 5.73 Å². The molecule has 0 saturated carbocycles. The highest BCUT2D eigenvalue weighted by Gasteiger charge is 2.28. The Morgan fingerprint density at radius 1 is 1.57 bits per heavy atom. The Morgan fingerprint density at radius 2 is 2.29 bits per heavy atom. The molecular weight excluding hydrogens is 181 g/mol. The lowest BCUT2D eigenvalue weighted by molar-refractivity contribution is 0.103. The average Bonchev–Trinajstić information content (AvgIpc) is 2.12. The zero-order valence-electron chi connectivity index (χ0n) is 8.15. The third-order valence-electron chi connectivity index (χ3n) is 2.69. The van der Waals surface area contributed by atoms with Crippen LogP contribution in [0, 0.1) is 5.82 Å². The normalized spacial score (nSPS) is 20.5. The minimum absolute atomic E-state index is 0.206. The topological polar surface area (TPSA) is 42.2 Å².